The summed E-state index contributed by atoms with van der Waals surface area (Å²) in [5.41, 5.74) is 2.19. The van der Waals surface area contributed by atoms with Gasteiger partial charge in [0.25, 0.3) is 5.91 Å². The number of ether oxygens (including phenoxy) is 2. The molecule has 0 aromatic heterocycles. The molecule has 0 fully saturated rings. The van der Waals surface area contributed by atoms with Gasteiger partial charge >= 0.3 is 0 Å². The highest BCUT2D eigenvalue weighted by Crippen LogP contribution is 2.19. The number of halogens is 1. The first-order chi connectivity index (χ1) is 13.2. The molecule has 0 saturated heterocycles. The fourth-order valence-electron chi connectivity index (χ4n) is 2.68. The van der Waals surface area contributed by atoms with Crippen LogP contribution >= 0.6 is 12.4 Å². The molecule has 2 rings (SSSR count). The van der Waals surface area contributed by atoms with E-state index in [1.807, 2.05) is 36.4 Å². The Balaban J connectivity index is 0.00000392. The summed E-state index contributed by atoms with van der Waals surface area (Å²) in [5.74, 6) is -0.0937. The Morgan fingerprint density at radius 2 is 1.64 bits per heavy atom. The molecule has 0 bridgehead atoms. The van der Waals surface area contributed by atoms with E-state index in [9.17, 15) is 4.79 Å². The molecule has 1 unspecified atom stereocenters. The van der Waals surface area contributed by atoms with Gasteiger partial charge in [0.05, 0.1) is 6.61 Å². The summed E-state index contributed by atoms with van der Waals surface area (Å²) in [7, 11) is 3.45. The third-order valence-corrected chi connectivity index (χ3v) is 4.17. The van der Waals surface area contributed by atoms with Gasteiger partial charge in [0.15, 0.2) is 6.10 Å². The van der Waals surface area contributed by atoms with Crippen molar-refractivity contribution in [1.82, 2.24) is 10.2 Å². The minimum atomic E-state index is -0.639. The van der Waals surface area contributed by atoms with Crippen LogP contribution in [0.25, 0.3) is 0 Å². The molecule has 0 aliphatic rings. The number of hydrogen-bond acceptors (Lipinski definition) is 4. The van der Waals surface area contributed by atoms with Crippen LogP contribution < -0.4 is 5.32 Å². The summed E-state index contributed by atoms with van der Waals surface area (Å²) in [6, 6.07) is 20.0. The zero-order valence-electron chi connectivity index (χ0n) is 16.7. The molecule has 5 nitrogen and oxygen atoms in total. The standard InChI is InChI=1S/C22H30N2O3.ClH/c1-24(2)22(25)21(20-13-7-4-8-14-20)27-18-26-17-16-23-15-9-12-19-10-5-3-6-11-19;/h3-8,10-11,13-14,21,23H,9,12,15-18H2,1-2H3;1H. The van der Waals surface area contributed by atoms with Gasteiger partial charge in [0.1, 0.15) is 6.79 Å². The molecule has 6 heteroatoms. The van der Waals surface area contributed by atoms with E-state index in [-0.39, 0.29) is 25.1 Å². The Morgan fingerprint density at radius 3 is 2.29 bits per heavy atom. The SMILES string of the molecule is CN(C)C(=O)C(OCOCCNCCCc1ccccc1)c1ccccc1.Cl. The Kier molecular flexibility index (Phi) is 12.2. The van der Waals surface area contributed by atoms with Gasteiger partial charge < -0.3 is 19.7 Å². The average molecular weight is 407 g/mol. The van der Waals surface area contributed by atoms with Crippen LogP contribution in [0, 0.1) is 0 Å². The smallest absolute Gasteiger partial charge is 0.255 e. The van der Waals surface area contributed by atoms with Crippen LogP contribution in [0.4, 0.5) is 0 Å². The largest absolute Gasteiger partial charge is 0.354 e. The van der Waals surface area contributed by atoms with Crippen LogP contribution in [0.5, 0.6) is 0 Å². The highest BCUT2D eigenvalue weighted by Gasteiger charge is 2.22. The lowest BCUT2D eigenvalue weighted by Crippen LogP contribution is -2.30. The Labute approximate surface area is 174 Å². The number of carbonyl (C=O) groups is 1. The Bertz CT molecular complexity index is 653. The number of carbonyl (C=O) groups excluding carboxylic acids is 1. The fourth-order valence-corrected chi connectivity index (χ4v) is 2.68. The quantitative estimate of drug-likeness (QED) is 0.433. The molecular weight excluding hydrogens is 376 g/mol. The molecule has 2 aromatic rings. The van der Waals surface area contributed by atoms with Crippen molar-refractivity contribution < 1.29 is 14.3 Å². The van der Waals surface area contributed by atoms with E-state index in [1.165, 1.54) is 10.5 Å². The number of rotatable bonds is 12. The molecule has 28 heavy (non-hydrogen) atoms. The molecule has 0 heterocycles. The second-order valence-electron chi connectivity index (χ2n) is 6.56. The van der Waals surface area contributed by atoms with Gasteiger partial charge in [-0.1, -0.05) is 60.7 Å². The molecule has 0 saturated carbocycles. The summed E-state index contributed by atoms with van der Waals surface area (Å²) in [6.07, 6.45) is 1.52. The highest BCUT2D eigenvalue weighted by atomic mass is 35.5. The average Bonchev–Trinajstić information content (AvgIpc) is 2.70. The predicted octanol–water partition coefficient (Wildman–Crippen LogP) is 3.45. The van der Waals surface area contributed by atoms with Gasteiger partial charge in [0, 0.05) is 20.6 Å². The van der Waals surface area contributed by atoms with Crippen LogP contribution in [0.1, 0.15) is 23.7 Å². The minimum Gasteiger partial charge on any atom is -0.354 e. The van der Waals surface area contributed by atoms with Crippen molar-refractivity contribution in [2.75, 3.05) is 40.6 Å². The molecule has 1 amide bonds. The van der Waals surface area contributed by atoms with Crippen LogP contribution in [0.15, 0.2) is 60.7 Å². The zero-order chi connectivity index (χ0) is 19.3. The van der Waals surface area contributed by atoms with Crippen molar-refractivity contribution in [3.05, 3.63) is 71.8 Å². The maximum Gasteiger partial charge on any atom is 0.255 e. The monoisotopic (exact) mass is 406 g/mol. The van der Waals surface area contributed by atoms with Gasteiger partial charge in [-0.25, -0.2) is 0 Å². The number of likely N-dealkylation sites (N-methyl/N-ethyl adjacent to an activating group) is 1. The lowest BCUT2D eigenvalue weighted by Gasteiger charge is -2.21. The van der Waals surface area contributed by atoms with Crippen molar-refractivity contribution in [1.29, 1.82) is 0 Å². The molecule has 0 radical (unpaired) electrons. The Hall–Kier alpha value is -1.92. The number of amides is 1. The molecule has 2 aromatic carbocycles. The minimum absolute atomic E-state index is 0. The van der Waals surface area contributed by atoms with Crippen LogP contribution in [0.2, 0.25) is 0 Å². The van der Waals surface area contributed by atoms with Gasteiger partial charge in [-0.05, 0) is 30.5 Å². The molecule has 0 aliphatic carbocycles. The van der Waals surface area contributed by atoms with E-state index in [0.717, 1.165) is 31.5 Å². The molecule has 154 valence electrons. The summed E-state index contributed by atoms with van der Waals surface area (Å²) in [5, 5.41) is 3.36. The number of nitrogens with zero attached hydrogens (tertiary/aromatic N) is 1. The lowest BCUT2D eigenvalue weighted by molar-refractivity contribution is -0.152. The van der Waals surface area contributed by atoms with E-state index < -0.39 is 6.10 Å². The second kappa shape index (κ2) is 14.1. The fraction of sp³-hybridized carbons (Fsp3) is 0.409. The van der Waals surface area contributed by atoms with Crippen LogP contribution in [-0.2, 0) is 20.7 Å². The molecule has 1 atom stereocenters. The number of benzene rings is 2. The number of nitrogens with one attached hydrogen (secondary N) is 1. The maximum atomic E-state index is 12.3. The second-order valence-corrected chi connectivity index (χ2v) is 6.56. The number of hydrogen-bond donors (Lipinski definition) is 1. The third-order valence-electron chi connectivity index (χ3n) is 4.17. The molecular formula is C22H31ClN2O3. The highest BCUT2D eigenvalue weighted by molar-refractivity contribution is 5.85. The van der Waals surface area contributed by atoms with Crippen molar-refractivity contribution in [3.63, 3.8) is 0 Å². The lowest BCUT2D eigenvalue weighted by atomic mass is 10.1. The first-order valence-electron chi connectivity index (χ1n) is 9.38. The molecule has 1 N–H and O–H groups in total. The van der Waals surface area contributed by atoms with E-state index >= 15 is 0 Å². The van der Waals surface area contributed by atoms with Gasteiger partial charge in [-0.3, -0.25) is 4.79 Å². The Morgan fingerprint density at radius 1 is 1.00 bits per heavy atom. The maximum absolute atomic E-state index is 12.3. The van der Waals surface area contributed by atoms with Gasteiger partial charge in [0.2, 0.25) is 0 Å². The summed E-state index contributed by atoms with van der Waals surface area (Å²) in [4.78, 5) is 13.9. The van der Waals surface area contributed by atoms with Crippen molar-refractivity contribution in [2.45, 2.75) is 18.9 Å². The summed E-state index contributed by atoms with van der Waals surface area (Å²) in [6.45, 7) is 2.34. The van der Waals surface area contributed by atoms with Gasteiger partial charge in [-0.2, -0.15) is 0 Å². The van der Waals surface area contributed by atoms with Crippen molar-refractivity contribution in [2.24, 2.45) is 0 Å². The first kappa shape index (κ1) is 24.1. The molecule has 0 aliphatic heterocycles. The topological polar surface area (TPSA) is 50.8 Å². The summed E-state index contributed by atoms with van der Waals surface area (Å²) < 4.78 is 11.2. The normalized spacial score (nSPS) is 11.5. The number of aryl methyl sites for hydroxylation is 1. The van der Waals surface area contributed by atoms with Crippen molar-refractivity contribution in [3.8, 4) is 0 Å². The van der Waals surface area contributed by atoms with Crippen LogP contribution in [0.3, 0.4) is 0 Å². The van der Waals surface area contributed by atoms with E-state index in [2.05, 4.69) is 29.6 Å². The first-order valence-corrected chi connectivity index (χ1v) is 9.38. The van der Waals surface area contributed by atoms with E-state index in [1.54, 1.807) is 14.1 Å². The third kappa shape index (κ3) is 8.85. The van der Waals surface area contributed by atoms with Gasteiger partial charge in [-0.15, -0.1) is 12.4 Å². The van der Waals surface area contributed by atoms with E-state index in [0.29, 0.717) is 6.61 Å². The summed E-state index contributed by atoms with van der Waals surface area (Å²) >= 11 is 0. The molecule has 0 spiro atoms. The van der Waals surface area contributed by atoms with E-state index in [4.69, 9.17) is 9.47 Å². The van der Waals surface area contributed by atoms with Crippen molar-refractivity contribution >= 4 is 18.3 Å². The predicted molar refractivity (Wildman–Crippen MR) is 115 cm³/mol. The zero-order valence-corrected chi connectivity index (χ0v) is 17.5. The van der Waals surface area contributed by atoms with Crippen LogP contribution in [-0.4, -0.2) is 51.4 Å².